The number of hydrogen-bond donors (Lipinski definition) is 1. The molecule has 0 radical (unpaired) electrons. The van der Waals surface area contributed by atoms with E-state index in [4.69, 9.17) is 4.74 Å². The van der Waals surface area contributed by atoms with E-state index in [1.807, 2.05) is 13.1 Å². The summed E-state index contributed by atoms with van der Waals surface area (Å²) in [5.74, 6) is 0.463. The highest BCUT2D eigenvalue weighted by Gasteiger charge is 2.20. The van der Waals surface area contributed by atoms with E-state index in [0.29, 0.717) is 5.92 Å². The highest BCUT2D eigenvalue weighted by Crippen LogP contribution is 2.14. The fraction of sp³-hybridized carbons (Fsp3) is 0.533. The van der Waals surface area contributed by atoms with Gasteiger partial charge in [0.05, 0.1) is 19.5 Å². The number of aromatic amines is 1. The van der Waals surface area contributed by atoms with E-state index < -0.39 is 0 Å². The van der Waals surface area contributed by atoms with Crippen LogP contribution in [0.25, 0.3) is 0 Å². The van der Waals surface area contributed by atoms with Crippen molar-refractivity contribution in [2.24, 2.45) is 5.92 Å². The molecule has 21 heavy (non-hydrogen) atoms. The molecule has 0 aliphatic carbocycles. The first-order valence-electron chi connectivity index (χ1n) is 7.34. The van der Waals surface area contributed by atoms with Crippen molar-refractivity contribution in [1.82, 2.24) is 24.8 Å². The van der Waals surface area contributed by atoms with Gasteiger partial charge in [0.25, 0.3) is 0 Å². The monoisotopic (exact) mass is 287 g/mol. The first kappa shape index (κ1) is 14.2. The van der Waals surface area contributed by atoms with Gasteiger partial charge >= 0.3 is 0 Å². The summed E-state index contributed by atoms with van der Waals surface area (Å²) in [6, 6.07) is 2.06. The summed E-state index contributed by atoms with van der Waals surface area (Å²) in [5.41, 5.74) is 3.26. The van der Waals surface area contributed by atoms with E-state index in [0.717, 1.165) is 56.4 Å². The Kier molecular flexibility index (Phi) is 4.57. The molecule has 0 saturated carbocycles. The zero-order chi connectivity index (χ0) is 14.5. The zero-order valence-electron chi connectivity index (χ0n) is 12.3. The van der Waals surface area contributed by atoms with Crippen molar-refractivity contribution in [3.8, 4) is 0 Å². The van der Waals surface area contributed by atoms with Crippen LogP contribution in [0.4, 0.5) is 0 Å². The van der Waals surface area contributed by atoms with Crippen LogP contribution in [0.3, 0.4) is 0 Å². The molecule has 1 aliphatic heterocycles. The van der Waals surface area contributed by atoms with Gasteiger partial charge in [0.1, 0.15) is 6.33 Å². The zero-order valence-corrected chi connectivity index (χ0v) is 12.3. The molecule has 1 fully saturated rings. The molecule has 3 heterocycles. The molecule has 0 aromatic carbocycles. The van der Waals surface area contributed by atoms with Crippen molar-refractivity contribution in [3.63, 3.8) is 0 Å². The van der Waals surface area contributed by atoms with Gasteiger partial charge in [0, 0.05) is 48.8 Å². The molecule has 1 N–H and O–H groups in total. The minimum absolute atomic E-state index is 0.463. The standard InChI is InChI=1S/C15H21N5O/c1-12-4-14(19-11-17-12)5-13-7-20(2-3-21-9-13)8-15-6-16-10-18-15/h4,6,10-11,13H,2-3,5,7-9H2,1H3,(H,16,18). The van der Waals surface area contributed by atoms with Crippen LogP contribution < -0.4 is 0 Å². The predicted octanol–water partition coefficient (Wildman–Crippen LogP) is 1.20. The van der Waals surface area contributed by atoms with E-state index >= 15 is 0 Å². The molecule has 112 valence electrons. The second kappa shape index (κ2) is 6.78. The van der Waals surface area contributed by atoms with Gasteiger partial charge in [0.2, 0.25) is 0 Å². The van der Waals surface area contributed by atoms with E-state index in [2.05, 4.69) is 30.9 Å². The second-order valence-electron chi connectivity index (χ2n) is 5.61. The largest absolute Gasteiger partial charge is 0.380 e. The minimum Gasteiger partial charge on any atom is -0.380 e. The number of ether oxygens (including phenoxy) is 1. The van der Waals surface area contributed by atoms with Crippen LogP contribution >= 0.6 is 0 Å². The highest BCUT2D eigenvalue weighted by atomic mass is 16.5. The predicted molar refractivity (Wildman–Crippen MR) is 78.6 cm³/mol. The number of H-pyrrole nitrogens is 1. The van der Waals surface area contributed by atoms with Crippen LogP contribution in [0, 0.1) is 12.8 Å². The first-order chi connectivity index (χ1) is 10.3. The van der Waals surface area contributed by atoms with Crippen molar-refractivity contribution in [1.29, 1.82) is 0 Å². The van der Waals surface area contributed by atoms with Gasteiger partial charge < -0.3 is 9.72 Å². The minimum atomic E-state index is 0.463. The number of rotatable bonds is 4. The van der Waals surface area contributed by atoms with Gasteiger partial charge in [-0.25, -0.2) is 15.0 Å². The van der Waals surface area contributed by atoms with Crippen LogP contribution in [0.2, 0.25) is 0 Å². The lowest BCUT2D eigenvalue weighted by molar-refractivity contribution is 0.121. The maximum absolute atomic E-state index is 5.75. The molecule has 2 aromatic rings. The Morgan fingerprint density at radius 3 is 3.19 bits per heavy atom. The van der Waals surface area contributed by atoms with E-state index in [1.165, 1.54) is 0 Å². The van der Waals surface area contributed by atoms with Crippen LogP contribution in [-0.4, -0.2) is 51.1 Å². The first-order valence-corrected chi connectivity index (χ1v) is 7.34. The van der Waals surface area contributed by atoms with Crippen LogP contribution in [0.5, 0.6) is 0 Å². The van der Waals surface area contributed by atoms with Gasteiger partial charge in [-0.05, 0) is 19.4 Å². The van der Waals surface area contributed by atoms with E-state index in [1.54, 1.807) is 12.7 Å². The summed E-state index contributed by atoms with van der Waals surface area (Å²) >= 11 is 0. The Labute approximate surface area is 124 Å². The van der Waals surface area contributed by atoms with Crippen LogP contribution in [-0.2, 0) is 17.7 Å². The maximum Gasteiger partial charge on any atom is 0.115 e. The third-order valence-electron chi connectivity index (χ3n) is 3.73. The summed E-state index contributed by atoms with van der Waals surface area (Å²) in [7, 11) is 0. The number of nitrogens with zero attached hydrogens (tertiary/aromatic N) is 4. The summed E-state index contributed by atoms with van der Waals surface area (Å²) in [5, 5.41) is 0. The molecular formula is C15H21N5O. The van der Waals surface area contributed by atoms with Crippen LogP contribution in [0.15, 0.2) is 24.9 Å². The average molecular weight is 287 g/mol. The highest BCUT2D eigenvalue weighted by molar-refractivity contribution is 5.07. The Morgan fingerprint density at radius 1 is 1.43 bits per heavy atom. The molecule has 6 nitrogen and oxygen atoms in total. The van der Waals surface area contributed by atoms with Crippen molar-refractivity contribution in [3.05, 3.63) is 42.0 Å². The topological polar surface area (TPSA) is 66.9 Å². The van der Waals surface area contributed by atoms with Crippen molar-refractivity contribution in [2.45, 2.75) is 19.9 Å². The second-order valence-corrected chi connectivity index (χ2v) is 5.61. The Balaban J connectivity index is 1.62. The summed E-state index contributed by atoms with van der Waals surface area (Å²) in [6.07, 6.45) is 6.19. The van der Waals surface area contributed by atoms with Gasteiger partial charge in [-0.15, -0.1) is 0 Å². The molecule has 1 aliphatic rings. The Bertz CT molecular complexity index is 557. The van der Waals surface area contributed by atoms with Crippen molar-refractivity contribution >= 4 is 0 Å². The smallest absolute Gasteiger partial charge is 0.115 e. The molecule has 3 rings (SSSR count). The molecular weight excluding hydrogens is 266 g/mol. The Morgan fingerprint density at radius 2 is 2.38 bits per heavy atom. The molecule has 1 unspecified atom stereocenters. The van der Waals surface area contributed by atoms with Crippen molar-refractivity contribution < 1.29 is 4.74 Å². The number of aromatic nitrogens is 4. The third-order valence-corrected chi connectivity index (χ3v) is 3.73. The molecule has 0 amide bonds. The fourth-order valence-corrected chi connectivity index (χ4v) is 2.75. The number of nitrogens with one attached hydrogen (secondary N) is 1. The number of aryl methyl sites for hydroxylation is 1. The van der Waals surface area contributed by atoms with Crippen molar-refractivity contribution in [2.75, 3.05) is 26.3 Å². The lowest BCUT2D eigenvalue weighted by Gasteiger charge is -2.22. The van der Waals surface area contributed by atoms with Gasteiger partial charge in [0.15, 0.2) is 0 Å². The maximum atomic E-state index is 5.75. The van der Waals surface area contributed by atoms with E-state index in [-0.39, 0.29) is 0 Å². The molecule has 0 bridgehead atoms. The van der Waals surface area contributed by atoms with E-state index in [9.17, 15) is 0 Å². The Hall–Kier alpha value is -1.79. The SMILES string of the molecule is Cc1cc(CC2COCCN(Cc3cnc[nH]3)C2)ncn1. The number of hydrogen-bond acceptors (Lipinski definition) is 5. The van der Waals surface area contributed by atoms with Gasteiger partial charge in [-0.3, -0.25) is 4.90 Å². The molecule has 0 spiro atoms. The normalized spacial score (nSPS) is 20.3. The lowest BCUT2D eigenvalue weighted by atomic mass is 10.0. The average Bonchev–Trinajstić information content (AvgIpc) is 2.86. The number of imidazole rings is 1. The third kappa shape index (κ3) is 4.09. The van der Waals surface area contributed by atoms with Gasteiger partial charge in [-0.2, -0.15) is 0 Å². The molecule has 2 aromatic heterocycles. The summed E-state index contributed by atoms with van der Waals surface area (Å²) in [6.45, 7) is 6.44. The fourth-order valence-electron chi connectivity index (χ4n) is 2.75. The molecule has 1 atom stereocenters. The quantitative estimate of drug-likeness (QED) is 0.915. The van der Waals surface area contributed by atoms with Gasteiger partial charge in [-0.1, -0.05) is 0 Å². The lowest BCUT2D eigenvalue weighted by Crippen LogP contribution is -2.30. The van der Waals surface area contributed by atoms with Crippen LogP contribution in [0.1, 0.15) is 17.1 Å². The molecule has 6 heteroatoms. The summed E-state index contributed by atoms with van der Waals surface area (Å²) < 4.78 is 5.75. The summed E-state index contributed by atoms with van der Waals surface area (Å²) in [4.78, 5) is 18.2. The molecule has 1 saturated heterocycles.